The van der Waals surface area contributed by atoms with Crippen LogP contribution in [0.25, 0.3) is 16.9 Å². The Balaban J connectivity index is 1.50. The minimum atomic E-state index is -0.179. The number of ether oxygens (including phenoxy) is 1. The molecule has 5 rings (SSSR count). The maximum absolute atomic E-state index is 12.3. The first-order valence-electron chi connectivity index (χ1n) is 11.2. The van der Waals surface area contributed by atoms with Gasteiger partial charge in [-0.25, -0.2) is 15.0 Å². The fraction of sp³-hybridized carbons (Fsp3) is 0.192. The first-order valence-corrected chi connectivity index (χ1v) is 11.5. The van der Waals surface area contributed by atoms with Gasteiger partial charge in [-0.15, -0.1) is 0 Å². The molecule has 9 nitrogen and oxygen atoms in total. The van der Waals surface area contributed by atoms with Crippen LogP contribution in [-0.2, 0) is 4.79 Å². The third kappa shape index (κ3) is 4.28. The number of likely N-dealkylation sites (tertiary alicyclic amines) is 1. The van der Waals surface area contributed by atoms with E-state index in [1.807, 2.05) is 12.1 Å². The van der Waals surface area contributed by atoms with Gasteiger partial charge in [-0.1, -0.05) is 17.5 Å². The van der Waals surface area contributed by atoms with E-state index in [0.717, 1.165) is 23.2 Å². The van der Waals surface area contributed by atoms with Gasteiger partial charge < -0.3 is 15.4 Å². The molecule has 178 valence electrons. The maximum Gasteiger partial charge on any atom is 0.298 e. The molecule has 10 heteroatoms. The first kappa shape index (κ1) is 23.2. The normalized spacial score (nSPS) is 14.8. The lowest BCUT2D eigenvalue weighted by molar-refractivity contribution is -0.124. The number of fused-ring (bicyclic) bond motifs is 1. The van der Waals surface area contributed by atoms with Crippen LogP contribution in [0.2, 0.25) is 5.02 Å². The number of rotatable bonds is 4. The highest BCUT2D eigenvalue weighted by Crippen LogP contribution is 2.36. The van der Waals surface area contributed by atoms with Crippen LogP contribution in [0.1, 0.15) is 30.5 Å². The lowest BCUT2D eigenvalue weighted by Gasteiger charge is -2.12. The number of hydrogen-bond acceptors (Lipinski definition) is 7. The second-order valence-electron chi connectivity index (χ2n) is 8.20. The summed E-state index contributed by atoms with van der Waals surface area (Å²) >= 11 is 6.55. The van der Waals surface area contributed by atoms with Gasteiger partial charge in [-0.05, 0) is 49.6 Å². The second-order valence-corrected chi connectivity index (χ2v) is 8.61. The van der Waals surface area contributed by atoms with E-state index in [1.54, 1.807) is 40.6 Å². The zero-order valence-electron chi connectivity index (χ0n) is 19.3. The summed E-state index contributed by atoms with van der Waals surface area (Å²) in [6.07, 6.45) is 3.91. The summed E-state index contributed by atoms with van der Waals surface area (Å²) in [6, 6.07) is 12.3. The van der Waals surface area contributed by atoms with Gasteiger partial charge in [0.25, 0.3) is 5.91 Å². The molecule has 4 heterocycles. The molecule has 0 radical (unpaired) electrons. The van der Waals surface area contributed by atoms with E-state index in [1.165, 1.54) is 12.3 Å². The van der Waals surface area contributed by atoms with Gasteiger partial charge in [-0.2, -0.15) is 5.26 Å². The fourth-order valence-electron chi connectivity index (χ4n) is 4.30. The number of hydrogen-bond donors (Lipinski definition) is 1. The van der Waals surface area contributed by atoms with E-state index >= 15 is 0 Å². The van der Waals surface area contributed by atoms with Crippen molar-refractivity contribution in [1.29, 1.82) is 5.26 Å². The summed E-state index contributed by atoms with van der Waals surface area (Å²) in [6.45, 7) is 2.80. The number of amides is 1. The lowest BCUT2D eigenvalue weighted by atomic mass is 10.0. The number of imidazole rings is 1. The van der Waals surface area contributed by atoms with Crippen molar-refractivity contribution in [3.05, 3.63) is 65.1 Å². The average Bonchev–Trinajstić information content (AvgIpc) is 3.52. The van der Waals surface area contributed by atoms with Crippen LogP contribution in [0.15, 0.2) is 48.8 Å². The highest BCUT2D eigenvalue weighted by Gasteiger charge is 2.31. The Labute approximate surface area is 212 Å². The summed E-state index contributed by atoms with van der Waals surface area (Å²) in [5.41, 5.74) is 9.07. The standard InChI is InChI=1S/C26H20ClN7O2/c1-2-3-23(35)33-11-8-18(15-33)24-20-7-10-31-26(29)34(20)25(32-24)17-4-5-21(19(27)13-17)36-22-12-16(14-28)6-9-30-22/h4-7,9-10,12-13,18H,8,11,15H2,1H3,(H2,29,31). The van der Waals surface area contributed by atoms with Crippen LogP contribution in [0.4, 0.5) is 5.95 Å². The van der Waals surface area contributed by atoms with Crippen molar-refractivity contribution < 1.29 is 9.53 Å². The van der Waals surface area contributed by atoms with Crippen molar-refractivity contribution in [3.63, 3.8) is 0 Å². The van der Waals surface area contributed by atoms with Crippen molar-refractivity contribution in [2.45, 2.75) is 19.3 Å². The molecule has 1 amide bonds. The molecule has 0 aliphatic carbocycles. The van der Waals surface area contributed by atoms with Crippen LogP contribution in [0, 0.1) is 23.2 Å². The quantitative estimate of drug-likeness (QED) is 0.422. The summed E-state index contributed by atoms with van der Waals surface area (Å²) in [5.74, 6) is 6.65. The number of nitrogens with zero attached hydrogens (tertiary/aromatic N) is 6. The average molecular weight is 498 g/mol. The van der Waals surface area contributed by atoms with Gasteiger partial charge in [0, 0.05) is 43.0 Å². The highest BCUT2D eigenvalue weighted by atomic mass is 35.5. The summed E-state index contributed by atoms with van der Waals surface area (Å²) in [7, 11) is 0. The number of benzene rings is 1. The molecular weight excluding hydrogens is 478 g/mol. The van der Waals surface area contributed by atoms with Gasteiger partial charge in [-0.3, -0.25) is 9.20 Å². The van der Waals surface area contributed by atoms with E-state index < -0.39 is 0 Å². The van der Waals surface area contributed by atoms with E-state index in [-0.39, 0.29) is 23.7 Å². The Morgan fingerprint density at radius 2 is 2.06 bits per heavy atom. The summed E-state index contributed by atoms with van der Waals surface area (Å²) < 4.78 is 7.57. The van der Waals surface area contributed by atoms with Crippen molar-refractivity contribution in [1.82, 2.24) is 24.3 Å². The zero-order chi connectivity index (χ0) is 25.2. The molecule has 0 saturated carbocycles. The number of pyridine rings is 1. The molecule has 1 saturated heterocycles. The Kier molecular flexibility index (Phi) is 6.16. The predicted octanol–water partition coefficient (Wildman–Crippen LogP) is 4.03. The molecule has 1 aliphatic rings. The molecule has 0 spiro atoms. The fourth-order valence-corrected chi connectivity index (χ4v) is 4.52. The third-order valence-electron chi connectivity index (χ3n) is 5.97. The van der Waals surface area contributed by atoms with Gasteiger partial charge >= 0.3 is 0 Å². The number of carbonyl (C=O) groups is 1. The Morgan fingerprint density at radius 1 is 1.22 bits per heavy atom. The molecule has 36 heavy (non-hydrogen) atoms. The molecular formula is C26H20ClN7O2. The number of nitriles is 1. The summed E-state index contributed by atoms with van der Waals surface area (Å²) in [5, 5.41) is 9.43. The molecule has 4 aromatic rings. The van der Waals surface area contributed by atoms with Crippen molar-refractivity contribution in [2.24, 2.45) is 0 Å². The number of anilines is 1. The number of nitrogens with two attached hydrogens (primary N) is 1. The van der Waals surface area contributed by atoms with Crippen LogP contribution >= 0.6 is 11.6 Å². The van der Waals surface area contributed by atoms with E-state index in [4.69, 9.17) is 32.3 Å². The van der Waals surface area contributed by atoms with Crippen LogP contribution in [-0.4, -0.2) is 43.2 Å². The third-order valence-corrected chi connectivity index (χ3v) is 6.27. The molecule has 1 atom stereocenters. The van der Waals surface area contributed by atoms with Crippen LogP contribution in [0.3, 0.4) is 0 Å². The highest BCUT2D eigenvalue weighted by molar-refractivity contribution is 6.32. The Morgan fingerprint density at radius 3 is 2.83 bits per heavy atom. The number of carbonyl (C=O) groups excluding carboxylic acids is 1. The van der Waals surface area contributed by atoms with E-state index in [0.29, 0.717) is 35.2 Å². The first-order chi connectivity index (χ1) is 17.5. The van der Waals surface area contributed by atoms with E-state index in [2.05, 4.69) is 27.9 Å². The number of halogens is 1. The molecule has 3 aromatic heterocycles. The molecule has 2 N–H and O–H groups in total. The Bertz CT molecular complexity index is 1600. The van der Waals surface area contributed by atoms with Crippen LogP contribution < -0.4 is 10.5 Å². The van der Waals surface area contributed by atoms with Crippen molar-refractivity contribution in [3.8, 4) is 40.9 Å². The van der Waals surface area contributed by atoms with Crippen molar-refractivity contribution in [2.75, 3.05) is 18.8 Å². The summed E-state index contributed by atoms with van der Waals surface area (Å²) in [4.78, 5) is 27.3. The number of nitrogen functional groups attached to an aromatic ring is 1. The number of aromatic nitrogens is 4. The lowest BCUT2D eigenvalue weighted by Crippen LogP contribution is -2.26. The minimum Gasteiger partial charge on any atom is -0.437 e. The largest absolute Gasteiger partial charge is 0.437 e. The topological polar surface area (TPSA) is 122 Å². The predicted molar refractivity (Wildman–Crippen MR) is 134 cm³/mol. The van der Waals surface area contributed by atoms with Crippen LogP contribution in [0.5, 0.6) is 11.6 Å². The van der Waals surface area contributed by atoms with Gasteiger partial charge in [0.1, 0.15) is 11.6 Å². The molecule has 1 fully saturated rings. The minimum absolute atomic E-state index is 0.0368. The maximum atomic E-state index is 12.3. The van der Waals surface area contributed by atoms with Crippen molar-refractivity contribution >= 4 is 29.0 Å². The zero-order valence-corrected chi connectivity index (χ0v) is 20.0. The van der Waals surface area contributed by atoms with Gasteiger partial charge in [0.15, 0.2) is 0 Å². The SMILES string of the molecule is CC#CC(=O)N1CCC(c2nc(-c3ccc(Oc4cc(C#N)ccn4)c(Cl)c3)n3c(N)nccc23)C1. The smallest absolute Gasteiger partial charge is 0.298 e. The van der Waals surface area contributed by atoms with Gasteiger partial charge in [0.05, 0.1) is 27.9 Å². The monoisotopic (exact) mass is 497 g/mol. The van der Waals surface area contributed by atoms with Gasteiger partial charge in [0.2, 0.25) is 11.8 Å². The Hall–Kier alpha value is -4.60. The molecule has 1 aliphatic heterocycles. The van der Waals surface area contributed by atoms with E-state index in [9.17, 15) is 4.79 Å². The second kappa shape index (κ2) is 9.57. The molecule has 1 aromatic carbocycles. The molecule has 1 unspecified atom stereocenters. The molecule has 0 bridgehead atoms.